The minimum absolute atomic E-state index is 0.0650. The predicted octanol–water partition coefficient (Wildman–Crippen LogP) is 2.30. The molecule has 1 atom stereocenters. The maximum Gasteiger partial charge on any atom is 0.154 e. The van der Waals surface area contributed by atoms with E-state index in [9.17, 15) is 0 Å². The summed E-state index contributed by atoms with van der Waals surface area (Å²) in [6.07, 6.45) is -0.0650. The average molecular weight is 235 g/mol. The first-order chi connectivity index (χ1) is 8.18. The van der Waals surface area contributed by atoms with Crippen LogP contribution in [0.25, 0.3) is 0 Å². The smallest absolute Gasteiger partial charge is 0.154 e. The number of benzene rings is 1. The summed E-state index contributed by atoms with van der Waals surface area (Å²) in [6, 6.07) is 10.9. The first kappa shape index (κ1) is 12.6. The molecular weight excluding hydrogens is 214 g/mol. The van der Waals surface area contributed by atoms with E-state index in [1.165, 1.54) is 5.56 Å². The van der Waals surface area contributed by atoms with Crippen LogP contribution in [0.5, 0.6) is 0 Å². The Labute approximate surface area is 103 Å². The van der Waals surface area contributed by atoms with E-state index >= 15 is 0 Å². The Morgan fingerprint density at radius 3 is 2.24 bits per heavy atom. The van der Waals surface area contributed by atoms with Crippen molar-refractivity contribution in [3.63, 3.8) is 0 Å². The van der Waals surface area contributed by atoms with Crippen molar-refractivity contribution in [2.24, 2.45) is 5.92 Å². The van der Waals surface area contributed by atoms with Gasteiger partial charge in [0.15, 0.2) is 6.29 Å². The van der Waals surface area contributed by atoms with Gasteiger partial charge >= 0.3 is 0 Å². The monoisotopic (exact) mass is 235 g/mol. The second-order valence-corrected chi connectivity index (χ2v) is 4.81. The van der Waals surface area contributed by atoms with Crippen LogP contribution < -0.4 is 0 Å². The lowest BCUT2D eigenvalue weighted by Crippen LogP contribution is -2.38. The third-order valence-corrected chi connectivity index (χ3v) is 3.23. The maximum atomic E-state index is 5.59. The van der Waals surface area contributed by atoms with Gasteiger partial charge in [-0.2, -0.15) is 0 Å². The molecule has 1 aliphatic heterocycles. The van der Waals surface area contributed by atoms with E-state index in [1.54, 1.807) is 0 Å². The highest BCUT2D eigenvalue weighted by Crippen LogP contribution is 2.29. The molecule has 94 valence electrons. The van der Waals surface area contributed by atoms with Crippen molar-refractivity contribution in [3.05, 3.63) is 35.9 Å². The molecule has 0 amide bonds. The summed E-state index contributed by atoms with van der Waals surface area (Å²) in [7, 11) is 4.21. The normalized spacial score (nSPS) is 27.1. The third-order valence-electron chi connectivity index (χ3n) is 3.23. The van der Waals surface area contributed by atoms with Gasteiger partial charge in [0.05, 0.1) is 13.2 Å². The van der Waals surface area contributed by atoms with E-state index < -0.39 is 0 Å². The van der Waals surface area contributed by atoms with Crippen molar-refractivity contribution >= 4 is 0 Å². The molecule has 0 aromatic heterocycles. The van der Waals surface area contributed by atoms with Crippen molar-refractivity contribution in [2.75, 3.05) is 27.3 Å². The van der Waals surface area contributed by atoms with E-state index in [0.717, 1.165) is 13.2 Å². The van der Waals surface area contributed by atoms with Gasteiger partial charge in [-0.05, 0) is 26.6 Å². The second-order valence-electron chi connectivity index (χ2n) is 4.81. The molecule has 3 heteroatoms. The zero-order valence-corrected chi connectivity index (χ0v) is 10.8. The SMILES string of the molecule is CC1OCC([C@@H](c2ccccc2)N(C)C)CO1. The predicted molar refractivity (Wildman–Crippen MR) is 67.7 cm³/mol. The average Bonchev–Trinajstić information content (AvgIpc) is 2.33. The Balaban J connectivity index is 2.13. The van der Waals surface area contributed by atoms with E-state index in [4.69, 9.17) is 9.47 Å². The van der Waals surface area contributed by atoms with E-state index in [0.29, 0.717) is 12.0 Å². The van der Waals surface area contributed by atoms with Crippen LogP contribution in [0.15, 0.2) is 30.3 Å². The molecule has 1 aromatic carbocycles. The summed E-state index contributed by atoms with van der Waals surface area (Å²) in [6.45, 7) is 3.47. The highest BCUT2D eigenvalue weighted by atomic mass is 16.7. The number of ether oxygens (including phenoxy) is 2. The molecule has 0 unspecified atom stereocenters. The minimum Gasteiger partial charge on any atom is -0.353 e. The van der Waals surface area contributed by atoms with Crippen LogP contribution in [-0.2, 0) is 9.47 Å². The molecule has 0 aliphatic carbocycles. The van der Waals surface area contributed by atoms with E-state index in [-0.39, 0.29) is 6.29 Å². The van der Waals surface area contributed by atoms with Gasteiger partial charge in [-0.15, -0.1) is 0 Å². The van der Waals surface area contributed by atoms with Gasteiger partial charge in [-0.3, -0.25) is 0 Å². The fourth-order valence-corrected chi connectivity index (χ4v) is 2.44. The lowest BCUT2D eigenvalue weighted by molar-refractivity contribution is -0.199. The highest BCUT2D eigenvalue weighted by molar-refractivity contribution is 5.19. The van der Waals surface area contributed by atoms with Crippen LogP contribution in [-0.4, -0.2) is 38.5 Å². The molecule has 1 heterocycles. The Bertz CT molecular complexity index is 331. The highest BCUT2D eigenvalue weighted by Gasteiger charge is 2.29. The number of rotatable bonds is 3. The number of hydrogen-bond donors (Lipinski definition) is 0. The molecule has 0 radical (unpaired) electrons. The van der Waals surface area contributed by atoms with Crippen molar-refractivity contribution in [2.45, 2.75) is 19.3 Å². The Hall–Kier alpha value is -0.900. The summed E-state index contributed by atoms with van der Waals surface area (Å²) >= 11 is 0. The molecule has 3 nitrogen and oxygen atoms in total. The topological polar surface area (TPSA) is 21.7 Å². The minimum atomic E-state index is -0.0650. The first-order valence-corrected chi connectivity index (χ1v) is 6.13. The Morgan fingerprint density at radius 1 is 1.12 bits per heavy atom. The summed E-state index contributed by atoms with van der Waals surface area (Å²) in [5, 5.41) is 0. The largest absolute Gasteiger partial charge is 0.353 e. The Kier molecular flexibility index (Phi) is 4.15. The van der Waals surface area contributed by atoms with Crippen LogP contribution in [0, 0.1) is 5.92 Å². The maximum absolute atomic E-state index is 5.59. The lowest BCUT2D eigenvalue weighted by atomic mass is 9.93. The Morgan fingerprint density at radius 2 is 1.71 bits per heavy atom. The molecule has 0 spiro atoms. The fraction of sp³-hybridized carbons (Fsp3) is 0.571. The second kappa shape index (κ2) is 5.63. The number of hydrogen-bond acceptors (Lipinski definition) is 3. The van der Waals surface area contributed by atoms with Gasteiger partial charge in [0.1, 0.15) is 0 Å². The van der Waals surface area contributed by atoms with Crippen molar-refractivity contribution < 1.29 is 9.47 Å². The van der Waals surface area contributed by atoms with Gasteiger partial charge in [-0.1, -0.05) is 30.3 Å². The van der Waals surface area contributed by atoms with Gasteiger partial charge < -0.3 is 14.4 Å². The molecule has 1 aliphatic rings. The van der Waals surface area contributed by atoms with Crippen LogP contribution in [0.1, 0.15) is 18.5 Å². The summed E-state index contributed by atoms with van der Waals surface area (Å²) in [4.78, 5) is 2.24. The molecule has 0 saturated carbocycles. The molecule has 1 fully saturated rings. The third kappa shape index (κ3) is 3.06. The standard InChI is InChI=1S/C14H21NO2/c1-11-16-9-13(10-17-11)14(15(2)3)12-7-5-4-6-8-12/h4-8,11,13-14H,9-10H2,1-3H3/t11?,13?,14-/m1/s1. The van der Waals surface area contributed by atoms with E-state index in [1.807, 2.05) is 13.0 Å². The molecule has 1 saturated heterocycles. The quantitative estimate of drug-likeness (QED) is 0.802. The summed E-state index contributed by atoms with van der Waals surface area (Å²) in [5.74, 6) is 0.392. The molecular formula is C14H21NO2. The summed E-state index contributed by atoms with van der Waals surface area (Å²) in [5.41, 5.74) is 1.32. The van der Waals surface area contributed by atoms with Gasteiger partial charge in [0.2, 0.25) is 0 Å². The van der Waals surface area contributed by atoms with Crippen molar-refractivity contribution in [1.29, 1.82) is 0 Å². The van der Waals surface area contributed by atoms with Gasteiger partial charge in [0.25, 0.3) is 0 Å². The molecule has 1 aromatic rings. The van der Waals surface area contributed by atoms with Gasteiger partial charge in [0, 0.05) is 12.0 Å². The van der Waals surface area contributed by atoms with Crippen LogP contribution in [0.3, 0.4) is 0 Å². The van der Waals surface area contributed by atoms with Crippen molar-refractivity contribution in [1.82, 2.24) is 4.90 Å². The van der Waals surface area contributed by atoms with Crippen molar-refractivity contribution in [3.8, 4) is 0 Å². The summed E-state index contributed by atoms with van der Waals surface area (Å²) < 4.78 is 11.2. The molecule has 0 N–H and O–H groups in total. The fourth-order valence-electron chi connectivity index (χ4n) is 2.44. The van der Waals surface area contributed by atoms with E-state index in [2.05, 4.69) is 43.3 Å². The van der Waals surface area contributed by atoms with Crippen LogP contribution in [0.2, 0.25) is 0 Å². The zero-order valence-electron chi connectivity index (χ0n) is 10.8. The molecule has 0 bridgehead atoms. The van der Waals surface area contributed by atoms with Crippen LogP contribution in [0.4, 0.5) is 0 Å². The first-order valence-electron chi connectivity index (χ1n) is 6.13. The molecule has 2 rings (SSSR count). The molecule has 17 heavy (non-hydrogen) atoms. The zero-order chi connectivity index (χ0) is 12.3. The number of nitrogens with zero attached hydrogens (tertiary/aromatic N) is 1. The van der Waals surface area contributed by atoms with Crippen LogP contribution >= 0.6 is 0 Å². The lowest BCUT2D eigenvalue weighted by Gasteiger charge is -2.36. The van der Waals surface area contributed by atoms with Gasteiger partial charge in [-0.25, -0.2) is 0 Å².